The zero-order valence-electron chi connectivity index (χ0n) is 17.0. The number of hydrogen-bond donors (Lipinski definition) is 3. The first kappa shape index (κ1) is 22.0. The van der Waals surface area contributed by atoms with E-state index in [4.69, 9.17) is 9.47 Å². The highest BCUT2D eigenvalue weighted by atomic mass is 16.5. The summed E-state index contributed by atoms with van der Waals surface area (Å²) >= 11 is 0. The highest BCUT2D eigenvalue weighted by Crippen LogP contribution is 2.28. The smallest absolute Gasteiger partial charge is 0.161 e. The van der Waals surface area contributed by atoms with E-state index in [2.05, 4.69) is 24.1 Å². The molecule has 0 heterocycles. The van der Waals surface area contributed by atoms with Gasteiger partial charge in [0.15, 0.2) is 11.5 Å². The number of hydrogen-bond acceptors (Lipinski definition) is 6. The monoisotopic (exact) mass is 380 g/mol. The summed E-state index contributed by atoms with van der Waals surface area (Å²) in [5.74, 6) is 1.34. The molecule has 0 spiro atoms. The van der Waals surface area contributed by atoms with Crippen molar-refractivity contribution in [2.24, 2.45) is 0 Å². The largest absolute Gasteiger partial charge is 0.493 e. The maximum absolute atomic E-state index is 10.2. The van der Waals surface area contributed by atoms with Crippen LogP contribution in [0, 0.1) is 0 Å². The first-order valence-electron chi connectivity index (χ1n) is 10.2. The Bertz CT molecular complexity index is 543. The molecule has 6 nitrogen and oxygen atoms in total. The summed E-state index contributed by atoms with van der Waals surface area (Å²) in [4.78, 5) is 2.17. The highest BCUT2D eigenvalue weighted by molar-refractivity contribution is 5.43. The van der Waals surface area contributed by atoms with Crippen LogP contribution in [0.5, 0.6) is 11.5 Å². The van der Waals surface area contributed by atoms with Crippen molar-refractivity contribution in [1.29, 1.82) is 0 Å². The fourth-order valence-corrected chi connectivity index (χ4v) is 3.50. The molecule has 154 valence electrons. The topological polar surface area (TPSA) is 74.2 Å². The molecule has 1 atom stereocenters. The number of nitrogens with zero attached hydrogens (tertiary/aromatic N) is 1. The van der Waals surface area contributed by atoms with Gasteiger partial charge in [0.2, 0.25) is 0 Å². The van der Waals surface area contributed by atoms with Gasteiger partial charge >= 0.3 is 0 Å². The van der Waals surface area contributed by atoms with Gasteiger partial charge in [-0.3, -0.25) is 0 Å². The average Bonchev–Trinajstić information content (AvgIpc) is 2.70. The van der Waals surface area contributed by atoms with Crippen molar-refractivity contribution in [2.75, 3.05) is 33.4 Å². The molecule has 1 unspecified atom stereocenters. The summed E-state index contributed by atoms with van der Waals surface area (Å²) in [5.41, 5.74) is 1.13. The molecule has 0 radical (unpaired) electrons. The molecular weight excluding hydrogens is 344 g/mol. The molecule has 1 aromatic carbocycles. The van der Waals surface area contributed by atoms with Crippen LogP contribution >= 0.6 is 0 Å². The SMILES string of the molecule is CCN(CC)CC(O)COc1ccc(CNC2CCC(O)CC2)cc1OC. The van der Waals surface area contributed by atoms with Crippen LogP contribution in [0.2, 0.25) is 0 Å². The first-order chi connectivity index (χ1) is 13.0. The maximum Gasteiger partial charge on any atom is 0.161 e. The molecule has 1 aromatic rings. The molecule has 0 aromatic heterocycles. The van der Waals surface area contributed by atoms with Crippen LogP contribution in [0.4, 0.5) is 0 Å². The lowest BCUT2D eigenvalue weighted by molar-refractivity contribution is 0.0705. The number of benzene rings is 1. The second kappa shape index (κ2) is 11.5. The molecule has 6 heteroatoms. The van der Waals surface area contributed by atoms with E-state index >= 15 is 0 Å². The van der Waals surface area contributed by atoms with Gasteiger partial charge in [-0.15, -0.1) is 0 Å². The molecule has 0 amide bonds. The molecule has 0 saturated heterocycles. The minimum absolute atomic E-state index is 0.128. The van der Waals surface area contributed by atoms with Gasteiger partial charge in [-0.05, 0) is 56.5 Å². The van der Waals surface area contributed by atoms with Crippen molar-refractivity contribution >= 4 is 0 Å². The molecule has 1 saturated carbocycles. The van der Waals surface area contributed by atoms with Gasteiger partial charge in [0.05, 0.1) is 13.2 Å². The minimum atomic E-state index is -0.530. The zero-order valence-corrected chi connectivity index (χ0v) is 17.0. The quantitative estimate of drug-likeness (QED) is 0.546. The number of aliphatic hydroxyl groups excluding tert-OH is 2. The van der Waals surface area contributed by atoms with Crippen molar-refractivity contribution < 1.29 is 19.7 Å². The van der Waals surface area contributed by atoms with Crippen molar-refractivity contribution in [3.05, 3.63) is 23.8 Å². The summed E-state index contributed by atoms with van der Waals surface area (Å²) in [6.45, 7) is 7.62. The Morgan fingerprint density at radius 1 is 1.15 bits per heavy atom. The second-order valence-electron chi connectivity index (χ2n) is 7.32. The Morgan fingerprint density at radius 2 is 1.85 bits per heavy atom. The number of aliphatic hydroxyl groups is 2. The van der Waals surface area contributed by atoms with Crippen molar-refractivity contribution in [1.82, 2.24) is 10.2 Å². The zero-order chi connectivity index (χ0) is 19.6. The van der Waals surface area contributed by atoms with E-state index in [1.165, 1.54) is 0 Å². The van der Waals surface area contributed by atoms with Crippen LogP contribution in [0.15, 0.2) is 18.2 Å². The molecule has 0 aliphatic heterocycles. The van der Waals surface area contributed by atoms with Crippen molar-refractivity contribution in [3.63, 3.8) is 0 Å². The minimum Gasteiger partial charge on any atom is -0.493 e. The van der Waals surface area contributed by atoms with E-state index in [1.807, 2.05) is 18.2 Å². The summed E-state index contributed by atoms with van der Waals surface area (Å²) < 4.78 is 11.3. The lowest BCUT2D eigenvalue weighted by Crippen LogP contribution is -2.35. The summed E-state index contributed by atoms with van der Waals surface area (Å²) in [6.07, 6.45) is 3.13. The molecular formula is C21H36N2O4. The van der Waals surface area contributed by atoms with Crippen LogP contribution < -0.4 is 14.8 Å². The fourth-order valence-electron chi connectivity index (χ4n) is 3.50. The molecule has 27 heavy (non-hydrogen) atoms. The third kappa shape index (κ3) is 7.30. The Labute approximate surface area is 163 Å². The van der Waals surface area contributed by atoms with Crippen LogP contribution in [0.3, 0.4) is 0 Å². The summed E-state index contributed by atoms with van der Waals surface area (Å²) in [5, 5.41) is 23.3. The first-order valence-corrected chi connectivity index (χ1v) is 10.2. The Balaban J connectivity index is 1.84. The van der Waals surface area contributed by atoms with Crippen LogP contribution in [-0.2, 0) is 6.54 Å². The molecule has 1 fully saturated rings. The lowest BCUT2D eigenvalue weighted by Gasteiger charge is -2.26. The Kier molecular flexibility index (Phi) is 9.34. The lowest BCUT2D eigenvalue weighted by atomic mass is 9.93. The van der Waals surface area contributed by atoms with Crippen LogP contribution in [-0.4, -0.2) is 66.7 Å². The van der Waals surface area contributed by atoms with E-state index in [1.54, 1.807) is 7.11 Å². The Hall–Kier alpha value is -1.34. The third-order valence-corrected chi connectivity index (χ3v) is 5.31. The van der Waals surface area contributed by atoms with Gasteiger partial charge in [-0.25, -0.2) is 0 Å². The highest BCUT2D eigenvalue weighted by Gasteiger charge is 2.19. The van der Waals surface area contributed by atoms with E-state index in [-0.39, 0.29) is 12.7 Å². The normalized spacial score (nSPS) is 21.3. The second-order valence-corrected chi connectivity index (χ2v) is 7.32. The van der Waals surface area contributed by atoms with Gasteiger partial charge in [0, 0.05) is 19.1 Å². The average molecular weight is 381 g/mol. The fraction of sp³-hybridized carbons (Fsp3) is 0.714. The van der Waals surface area contributed by atoms with Crippen LogP contribution in [0.1, 0.15) is 45.1 Å². The predicted molar refractivity (Wildman–Crippen MR) is 107 cm³/mol. The maximum atomic E-state index is 10.2. The molecule has 1 aliphatic carbocycles. The van der Waals surface area contributed by atoms with Gasteiger partial charge in [0.25, 0.3) is 0 Å². The van der Waals surface area contributed by atoms with Gasteiger partial charge in [-0.2, -0.15) is 0 Å². The van der Waals surface area contributed by atoms with E-state index in [0.29, 0.717) is 24.1 Å². The Morgan fingerprint density at radius 3 is 2.48 bits per heavy atom. The van der Waals surface area contributed by atoms with E-state index in [0.717, 1.165) is 50.9 Å². The third-order valence-electron chi connectivity index (χ3n) is 5.31. The van der Waals surface area contributed by atoms with Gasteiger partial charge in [-0.1, -0.05) is 19.9 Å². The van der Waals surface area contributed by atoms with Crippen LogP contribution in [0.25, 0.3) is 0 Å². The van der Waals surface area contributed by atoms with E-state index < -0.39 is 6.10 Å². The number of rotatable bonds is 11. The summed E-state index contributed by atoms with van der Waals surface area (Å²) in [6, 6.07) is 6.38. The standard InChI is InChI=1S/C21H36N2O4/c1-4-23(5-2)14-19(25)15-27-20-11-6-16(12-21(20)26-3)13-22-17-7-9-18(24)10-8-17/h6,11-12,17-19,22,24-25H,4-5,7-10,13-15H2,1-3H3. The number of methoxy groups -OCH3 is 1. The molecule has 2 rings (SSSR count). The summed E-state index contributed by atoms with van der Waals surface area (Å²) in [7, 11) is 1.63. The predicted octanol–water partition coefficient (Wildman–Crippen LogP) is 2.17. The molecule has 3 N–H and O–H groups in total. The van der Waals surface area contributed by atoms with Gasteiger partial charge in [0.1, 0.15) is 12.7 Å². The van der Waals surface area contributed by atoms with Crippen molar-refractivity contribution in [2.45, 2.75) is 64.3 Å². The number of nitrogens with one attached hydrogen (secondary N) is 1. The van der Waals surface area contributed by atoms with Gasteiger partial charge < -0.3 is 29.9 Å². The number of likely N-dealkylation sites (N-methyl/N-ethyl adjacent to an activating group) is 1. The molecule has 0 bridgehead atoms. The van der Waals surface area contributed by atoms with E-state index in [9.17, 15) is 10.2 Å². The molecule has 1 aliphatic rings. The number of ether oxygens (including phenoxy) is 2. The van der Waals surface area contributed by atoms with Crippen molar-refractivity contribution in [3.8, 4) is 11.5 Å².